The van der Waals surface area contributed by atoms with E-state index in [4.69, 9.17) is 0 Å². The summed E-state index contributed by atoms with van der Waals surface area (Å²) in [6.07, 6.45) is -0.889. The lowest BCUT2D eigenvalue weighted by Crippen LogP contribution is -2.44. The van der Waals surface area contributed by atoms with Crippen LogP contribution in [0.3, 0.4) is 0 Å². The lowest BCUT2D eigenvalue weighted by molar-refractivity contribution is -0.137. The van der Waals surface area contributed by atoms with Gasteiger partial charge in [0.1, 0.15) is 5.54 Å². The monoisotopic (exact) mass is 421 g/mol. The first-order valence-electron chi connectivity index (χ1n) is 9.78. The van der Waals surface area contributed by atoms with Crippen LogP contribution in [-0.4, -0.2) is 41.4 Å². The van der Waals surface area contributed by atoms with E-state index in [1.807, 2.05) is 0 Å². The Labute approximate surface area is 172 Å². The van der Waals surface area contributed by atoms with Gasteiger partial charge in [-0.1, -0.05) is 30.7 Å². The van der Waals surface area contributed by atoms with Gasteiger partial charge in [-0.15, -0.1) is 0 Å². The number of hydrogen-bond acceptors (Lipinski definition) is 3. The van der Waals surface area contributed by atoms with Gasteiger partial charge in [-0.2, -0.15) is 13.2 Å². The fourth-order valence-corrected chi connectivity index (χ4v) is 3.75. The minimum atomic E-state index is -4.43. The van der Waals surface area contributed by atoms with Crippen molar-refractivity contribution in [2.75, 3.05) is 13.1 Å². The number of urea groups is 1. The minimum Gasteiger partial charge on any atom is -0.345 e. The normalized spacial score (nSPS) is 17.6. The molecule has 0 atom stereocenters. The van der Waals surface area contributed by atoms with E-state index in [0.717, 1.165) is 25.0 Å². The molecular formula is C21H22F3N3O3. The fraction of sp³-hybridized carbons (Fsp3) is 0.476. The third kappa shape index (κ3) is 4.93. The van der Waals surface area contributed by atoms with Crippen LogP contribution in [0.4, 0.5) is 18.0 Å². The van der Waals surface area contributed by atoms with Gasteiger partial charge in [0.05, 0.1) is 12.1 Å². The average molecular weight is 421 g/mol. The lowest BCUT2D eigenvalue weighted by atomic mass is 9.98. The maximum absolute atomic E-state index is 12.7. The van der Waals surface area contributed by atoms with Crippen molar-refractivity contribution in [2.24, 2.45) is 0 Å². The molecule has 3 rings (SSSR count). The van der Waals surface area contributed by atoms with E-state index in [2.05, 4.69) is 22.5 Å². The first kappa shape index (κ1) is 21.7. The van der Waals surface area contributed by atoms with Crippen molar-refractivity contribution < 1.29 is 27.6 Å². The van der Waals surface area contributed by atoms with Gasteiger partial charge >= 0.3 is 12.2 Å². The molecule has 1 saturated heterocycles. The van der Waals surface area contributed by atoms with Crippen LogP contribution in [0, 0.1) is 11.8 Å². The molecule has 30 heavy (non-hydrogen) atoms. The van der Waals surface area contributed by atoms with E-state index in [1.54, 1.807) is 0 Å². The number of nitrogens with one attached hydrogen (secondary N) is 2. The molecule has 0 aromatic heterocycles. The molecular weight excluding hydrogens is 399 g/mol. The van der Waals surface area contributed by atoms with Gasteiger partial charge in [0, 0.05) is 18.5 Å². The van der Waals surface area contributed by atoms with Gasteiger partial charge in [-0.3, -0.25) is 14.5 Å². The van der Waals surface area contributed by atoms with Crippen molar-refractivity contribution in [3.63, 3.8) is 0 Å². The summed E-state index contributed by atoms with van der Waals surface area (Å²) in [5.74, 6) is 4.67. The van der Waals surface area contributed by atoms with Gasteiger partial charge in [0.2, 0.25) is 5.91 Å². The van der Waals surface area contributed by atoms with Gasteiger partial charge in [-0.25, -0.2) is 4.79 Å². The summed E-state index contributed by atoms with van der Waals surface area (Å²) in [5.41, 5.74) is -1.32. The lowest BCUT2D eigenvalue weighted by Gasteiger charge is -2.19. The van der Waals surface area contributed by atoms with E-state index in [1.165, 1.54) is 17.0 Å². The molecule has 0 radical (unpaired) electrons. The summed E-state index contributed by atoms with van der Waals surface area (Å²) in [5, 5.41) is 5.34. The van der Waals surface area contributed by atoms with Crippen molar-refractivity contribution in [3.8, 4) is 11.8 Å². The van der Waals surface area contributed by atoms with Gasteiger partial charge in [0.15, 0.2) is 0 Å². The maximum Gasteiger partial charge on any atom is 0.416 e. The van der Waals surface area contributed by atoms with Crippen molar-refractivity contribution in [1.82, 2.24) is 15.5 Å². The maximum atomic E-state index is 12.7. The molecule has 2 aliphatic rings. The molecule has 0 unspecified atom stereocenters. The Morgan fingerprint density at radius 3 is 2.67 bits per heavy atom. The smallest absolute Gasteiger partial charge is 0.345 e. The topological polar surface area (TPSA) is 78.5 Å². The SMILES string of the molecule is O=C(CCCN1C(=O)NC2(CCCC2)C1=O)NCC#Cc1cccc(C(F)(F)F)c1. The first-order valence-corrected chi connectivity index (χ1v) is 9.78. The Hall–Kier alpha value is -3.02. The molecule has 1 heterocycles. The van der Waals surface area contributed by atoms with Crippen molar-refractivity contribution >= 4 is 17.8 Å². The zero-order chi connectivity index (χ0) is 21.8. The van der Waals surface area contributed by atoms with Crippen LogP contribution in [-0.2, 0) is 15.8 Å². The van der Waals surface area contributed by atoms with E-state index in [9.17, 15) is 27.6 Å². The van der Waals surface area contributed by atoms with Crippen molar-refractivity contribution in [3.05, 3.63) is 35.4 Å². The molecule has 4 amide bonds. The van der Waals surface area contributed by atoms with Crippen molar-refractivity contribution in [2.45, 2.75) is 50.2 Å². The number of nitrogens with zero attached hydrogens (tertiary/aromatic N) is 1. The number of carbonyl (C=O) groups is 3. The van der Waals surface area contributed by atoms with Crippen LogP contribution in [0.2, 0.25) is 0 Å². The van der Waals surface area contributed by atoms with Gasteiger partial charge in [-0.05, 0) is 37.5 Å². The zero-order valence-corrected chi connectivity index (χ0v) is 16.3. The molecule has 0 bridgehead atoms. The molecule has 9 heteroatoms. The summed E-state index contributed by atoms with van der Waals surface area (Å²) in [4.78, 5) is 37.6. The molecule has 1 aliphatic carbocycles. The molecule has 2 fully saturated rings. The Morgan fingerprint density at radius 2 is 1.97 bits per heavy atom. The molecule has 1 aromatic rings. The van der Waals surface area contributed by atoms with Gasteiger partial charge in [0.25, 0.3) is 5.91 Å². The standard InChI is InChI=1S/C21H22F3N3O3/c22-21(23,24)16-8-3-6-15(14-16)7-4-12-25-17(28)9-5-13-27-18(29)20(26-19(27)30)10-1-2-11-20/h3,6,8,14H,1-2,5,9-13H2,(H,25,28)(H,26,30). The third-order valence-corrected chi connectivity index (χ3v) is 5.29. The highest BCUT2D eigenvalue weighted by atomic mass is 19.4. The van der Waals surface area contributed by atoms with E-state index in [-0.39, 0.29) is 36.9 Å². The largest absolute Gasteiger partial charge is 0.416 e. The molecule has 1 aliphatic heterocycles. The second-order valence-electron chi connectivity index (χ2n) is 7.44. The number of amides is 4. The number of alkyl halides is 3. The minimum absolute atomic E-state index is 0.0126. The molecule has 160 valence electrons. The highest BCUT2D eigenvalue weighted by molar-refractivity contribution is 6.07. The second-order valence-corrected chi connectivity index (χ2v) is 7.44. The Morgan fingerprint density at radius 1 is 1.23 bits per heavy atom. The van der Waals surface area contributed by atoms with Crippen LogP contribution in [0.5, 0.6) is 0 Å². The summed E-state index contributed by atoms with van der Waals surface area (Å²) in [6.45, 7) is 0.150. The van der Waals surface area contributed by atoms with Crippen LogP contribution in [0.15, 0.2) is 24.3 Å². The Bertz CT molecular complexity index is 896. The quantitative estimate of drug-likeness (QED) is 0.567. The predicted octanol–water partition coefficient (Wildman–Crippen LogP) is 2.82. The summed E-state index contributed by atoms with van der Waals surface area (Å²) >= 11 is 0. The highest BCUT2D eigenvalue weighted by Crippen LogP contribution is 2.35. The summed E-state index contributed by atoms with van der Waals surface area (Å²) in [7, 11) is 0. The zero-order valence-electron chi connectivity index (χ0n) is 16.3. The third-order valence-electron chi connectivity index (χ3n) is 5.29. The number of halogens is 3. The molecule has 1 aromatic carbocycles. The highest BCUT2D eigenvalue weighted by Gasteiger charge is 2.52. The van der Waals surface area contributed by atoms with E-state index < -0.39 is 23.3 Å². The van der Waals surface area contributed by atoms with Crippen LogP contribution < -0.4 is 10.6 Å². The number of carbonyl (C=O) groups excluding carboxylic acids is 3. The van der Waals surface area contributed by atoms with Crippen molar-refractivity contribution in [1.29, 1.82) is 0 Å². The number of rotatable bonds is 5. The molecule has 2 N–H and O–H groups in total. The first-order chi connectivity index (χ1) is 14.2. The predicted molar refractivity (Wildman–Crippen MR) is 102 cm³/mol. The van der Waals surface area contributed by atoms with Crippen LogP contribution in [0.25, 0.3) is 0 Å². The van der Waals surface area contributed by atoms with E-state index in [0.29, 0.717) is 19.3 Å². The van der Waals surface area contributed by atoms with Gasteiger partial charge < -0.3 is 10.6 Å². The molecule has 6 nitrogen and oxygen atoms in total. The summed E-state index contributed by atoms with van der Waals surface area (Å²) < 4.78 is 38.0. The average Bonchev–Trinajstić information content (AvgIpc) is 3.25. The number of hydrogen-bond donors (Lipinski definition) is 2. The second kappa shape index (κ2) is 8.78. The fourth-order valence-electron chi connectivity index (χ4n) is 3.75. The summed E-state index contributed by atoms with van der Waals surface area (Å²) in [6, 6.07) is 4.24. The molecule has 1 saturated carbocycles. The van der Waals surface area contributed by atoms with Crippen LogP contribution in [0.1, 0.15) is 49.7 Å². The Kier molecular flexibility index (Phi) is 6.34. The number of benzene rings is 1. The number of imide groups is 1. The Balaban J connectivity index is 1.41. The van der Waals surface area contributed by atoms with Crippen LogP contribution >= 0.6 is 0 Å². The van der Waals surface area contributed by atoms with E-state index >= 15 is 0 Å². The molecule has 1 spiro atoms.